The van der Waals surface area contributed by atoms with Gasteiger partial charge in [0.1, 0.15) is 5.69 Å². The molecule has 2 amide bonds. The minimum absolute atomic E-state index is 0.0770. The van der Waals surface area contributed by atoms with Crippen molar-refractivity contribution in [3.63, 3.8) is 0 Å². The lowest BCUT2D eigenvalue weighted by Gasteiger charge is -2.44. The fourth-order valence-electron chi connectivity index (χ4n) is 5.45. The summed E-state index contributed by atoms with van der Waals surface area (Å²) in [6.07, 6.45) is 10.9. The van der Waals surface area contributed by atoms with Gasteiger partial charge in [-0.1, -0.05) is 19.3 Å². The second kappa shape index (κ2) is 7.33. The first-order valence-corrected chi connectivity index (χ1v) is 10.8. The van der Waals surface area contributed by atoms with E-state index in [1.807, 2.05) is 27.8 Å². The maximum absolute atomic E-state index is 13.5. The SMILES string of the molecule is CC(C)n1cccc1C(=O)N1CCC2(CCCN(C3CCCCC3)C2=O)C1. The van der Waals surface area contributed by atoms with Crippen molar-refractivity contribution in [2.45, 2.75) is 77.3 Å². The molecule has 148 valence electrons. The predicted octanol–water partition coefficient (Wildman–Crippen LogP) is 3.86. The van der Waals surface area contributed by atoms with Crippen molar-refractivity contribution in [3.8, 4) is 0 Å². The zero-order valence-corrected chi connectivity index (χ0v) is 16.8. The Morgan fingerprint density at radius 2 is 1.89 bits per heavy atom. The highest BCUT2D eigenvalue weighted by atomic mass is 16.2. The summed E-state index contributed by atoms with van der Waals surface area (Å²) in [5, 5.41) is 0. The number of piperidine rings is 1. The van der Waals surface area contributed by atoms with Gasteiger partial charge in [0.05, 0.1) is 5.41 Å². The van der Waals surface area contributed by atoms with Crippen molar-refractivity contribution in [2.24, 2.45) is 5.41 Å². The maximum atomic E-state index is 13.5. The topological polar surface area (TPSA) is 45.6 Å². The molecule has 1 aliphatic carbocycles. The molecule has 0 radical (unpaired) electrons. The zero-order chi connectivity index (χ0) is 19.0. The second-order valence-corrected chi connectivity index (χ2v) is 9.05. The Balaban J connectivity index is 1.49. The van der Waals surface area contributed by atoms with Gasteiger partial charge >= 0.3 is 0 Å². The largest absolute Gasteiger partial charge is 0.341 e. The van der Waals surface area contributed by atoms with E-state index in [2.05, 4.69) is 18.7 Å². The first-order valence-electron chi connectivity index (χ1n) is 10.8. The van der Waals surface area contributed by atoms with Crippen LogP contribution in [0, 0.1) is 5.41 Å². The Morgan fingerprint density at radius 3 is 2.63 bits per heavy atom. The van der Waals surface area contributed by atoms with Gasteiger partial charge in [-0.3, -0.25) is 9.59 Å². The van der Waals surface area contributed by atoms with Crippen molar-refractivity contribution >= 4 is 11.8 Å². The van der Waals surface area contributed by atoms with Gasteiger partial charge in [-0.25, -0.2) is 0 Å². The molecular weight excluding hydrogens is 338 g/mol. The van der Waals surface area contributed by atoms with Crippen LogP contribution in [0.15, 0.2) is 18.3 Å². The van der Waals surface area contributed by atoms with Crippen molar-refractivity contribution in [1.29, 1.82) is 0 Å². The lowest BCUT2D eigenvalue weighted by atomic mass is 9.77. The third-order valence-corrected chi connectivity index (χ3v) is 6.98. The molecule has 5 heteroatoms. The molecule has 1 spiro atoms. The van der Waals surface area contributed by atoms with Crippen molar-refractivity contribution in [1.82, 2.24) is 14.4 Å². The molecule has 2 aliphatic heterocycles. The van der Waals surface area contributed by atoms with Crippen LogP contribution < -0.4 is 0 Å². The minimum atomic E-state index is -0.333. The molecule has 2 saturated heterocycles. The molecule has 3 heterocycles. The Kier molecular flexibility index (Phi) is 5.04. The zero-order valence-electron chi connectivity index (χ0n) is 16.8. The minimum Gasteiger partial charge on any atom is -0.341 e. The summed E-state index contributed by atoms with van der Waals surface area (Å²) in [4.78, 5) is 30.7. The molecule has 4 rings (SSSR count). The average Bonchev–Trinajstić information content (AvgIpc) is 3.33. The van der Waals surface area contributed by atoms with Crippen LogP contribution in [0.2, 0.25) is 0 Å². The number of amides is 2. The standard InChI is InChI=1S/C22H33N3O2/c1-17(2)24-13-6-10-19(24)20(26)23-15-12-22(16-23)11-7-14-25(21(22)27)18-8-4-3-5-9-18/h6,10,13,17-18H,3-5,7-9,11-12,14-16H2,1-2H3. The van der Waals surface area contributed by atoms with Gasteiger partial charge in [0.15, 0.2) is 0 Å². The monoisotopic (exact) mass is 371 g/mol. The summed E-state index contributed by atoms with van der Waals surface area (Å²) < 4.78 is 2.03. The number of hydrogen-bond donors (Lipinski definition) is 0. The summed E-state index contributed by atoms with van der Waals surface area (Å²) in [6, 6.07) is 4.54. The molecule has 1 saturated carbocycles. The van der Waals surface area contributed by atoms with Crippen LogP contribution in [0.1, 0.15) is 81.7 Å². The van der Waals surface area contributed by atoms with Crippen LogP contribution in [0.3, 0.4) is 0 Å². The normalized spacial score (nSPS) is 27.1. The molecule has 0 bridgehead atoms. The number of rotatable bonds is 3. The molecule has 0 aromatic carbocycles. The van der Waals surface area contributed by atoms with Crippen molar-refractivity contribution in [2.75, 3.05) is 19.6 Å². The average molecular weight is 372 g/mol. The number of hydrogen-bond acceptors (Lipinski definition) is 2. The highest BCUT2D eigenvalue weighted by Crippen LogP contribution is 2.42. The fraction of sp³-hybridized carbons (Fsp3) is 0.727. The quantitative estimate of drug-likeness (QED) is 0.810. The lowest BCUT2D eigenvalue weighted by Crippen LogP contribution is -2.54. The van der Waals surface area contributed by atoms with Crippen LogP contribution in [-0.4, -0.2) is 51.9 Å². The molecule has 1 unspecified atom stereocenters. The van der Waals surface area contributed by atoms with E-state index in [1.54, 1.807) is 0 Å². The number of likely N-dealkylation sites (tertiary alicyclic amines) is 2. The smallest absolute Gasteiger partial charge is 0.270 e. The van der Waals surface area contributed by atoms with Crippen LogP contribution in [-0.2, 0) is 4.79 Å². The van der Waals surface area contributed by atoms with Gasteiger partial charge in [0.2, 0.25) is 5.91 Å². The highest BCUT2D eigenvalue weighted by Gasteiger charge is 2.50. The number of carbonyl (C=O) groups excluding carboxylic acids is 2. The molecule has 1 atom stereocenters. The molecule has 3 aliphatic rings. The third-order valence-electron chi connectivity index (χ3n) is 6.98. The van der Waals surface area contributed by atoms with E-state index >= 15 is 0 Å². The van der Waals surface area contributed by atoms with Gasteiger partial charge in [-0.2, -0.15) is 0 Å². The second-order valence-electron chi connectivity index (χ2n) is 9.05. The number of nitrogens with zero attached hydrogens (tertiary/aromatic N) is 3. The third kappa shape index (κ3) is 3.30. The summed E-state index contributed by atoms with van der Waals surface area (Å²) >= 11 is 0. The molecule has 3 fully saturated rings. The molecule has 1 aromatic rings. The Hall–Kier alpha value is -1.78. The van der Waals surface area contributed by atoms with Crippen LogP contribution in [0.5, 0.6) is 0 Å². The van der Waals surface area contributed by atoms with Crippen molar-refractivity contribution < 1.29 is 9.59 Å². The van der Waals surface area contributed by atoms with Crippen LogP contribution in [0.4, 0.5) is 0 Å². The molecular formula is C22H33N3O2. The van der Waals surface area contributed by atoms with E-state index in [0.29, 0.717) is 25.0 Å². The Morgan fingerprint density at radius 1 is 1.11 bits per heavy atom. The van der Waals surface area contributed by atoms with E-state index < -0.39 is 0 Å². The van der Waals surface area contributed by atoms with E-state index in [-0.39, 0.29) is 17.4 Å². The molecule has 27 heavy (non-hydrogen) atoms. The molecule has 5 nitrogen and oxygen atoms in total. The van der Waals surface area contributed by atoms with Crippen molar-refractivity contribution in [3.05, 3.63) is 24.0 Å². The maximum Gasteiger partial charge on any atom is 0.270 e. The Bertz CT molecular complexity index is 704. The summed E-state index contributed by atoms with van der Waals surface area (Å²) in [6.45, 7) is 6.39. The van der Waals surface area contributed by atoms with Gasteiger partial charge < -0.3 is 14.4 Å². The number of aromatic nitrogens is 1. The number of carbonyl (C=O) groups is 2. The van der Waals surface area contributed by atoms with Crippen LogP contribution in [0.25, 0.3) is 0 Å². The first-order chi connectivity index (χ1) is 13.0. The van der Waals surface area contributed by atoms with Crippen LogP contribution >= 0.6 is 0 Å². The van der Waals surface area contributed by atoms with Gasteiger partial charge in [0, 0.05) is 37.9 Å². The lowest BCUT2D eigenvalue weighted by molar-refractivity contribution is -0.149. The first kappa shape index (κ1) is 18.6. The van der Waals surface area contributed by atoms with E-state index in [9.17, 15) is 9.59 Å². The van der Waals surface area contributed by atoms with E-state index in [1.165, 1.54) is 19.3 Å². The summed E-state index contributed by atoms with van der Waals surface area (Å²) in [5.74, 6) is 0.406. The molecule has 0 N–H and O–H groups in total. The van der Waals surface area contributed by atoms with E-state index in [0.717, 1.165) is 44.3 Å². The predicted molar refractivity (Wildman–Crippen MR) is 106 cm³/mol. The summed E-state index contributed by atoms with van der Waals surface area (Å²) in [7, 11) is 0. The molecule has 1 aromatic heterocycles. The van der Waals surface area contributed by atoms with Gasteiger partial charge in [-0.05, 0) is 58.1 Å². The Labute approximate surface area is 162 Å². The summed E-state index contributed by atoms with van der Waals surface area (Å²) in [5.41, 5.74) is 0.412. The highest BCUT2D eigenvalue weighted by molar-refractivity contribution is 5.94. The fourth-order valence-corrected chi connectivity index (χ4v) is 5.45. The van der Waals surface area contributed by atoms with Gasteiger partial charge in [-0.15, -0.1) is 0 Å². The van der Waals surface area contributed by atoms with E-state index in [4.69, 9.17) is 0 Å². The van der Waals surface area contributed by atoms with Gasteiger partial charge in [0.25, 0.3) is 5.91 Å².